The van der Waals surface area contributed by atoms with E-state index in [2.05, 4.69) is 31.9 Å². The monoisotopic (exact) mass is 348 g/mol. The smallest absolute Gasteiger partial charge is 0.166 e. The predicted octanol–water partition coefficient (Wildman–Crippen LogP) is 4.07. The largest absolute Gasteiger partial charge is 0.385 e. The van der Waals surface area contributed by atoms with Gasteiger partial charge in [-0.05, 0) is 24.6 Å². The summed E-state index contributed by atoms with van der Waals surface area (Å²) < 4.78 is 6.73. The number of halogens is 2. The molecule has 0 radical (unpaired) electrons. The lowest BCUT2D eigenvalue weighted by atomic mass is 9.97. The van der Waals surface area contributed by atoms with E-state index in [0.717, 1.165) is 20.9 Å². The van der Waals surface area contributed by atoms with Crippen molar-refractivity contribution >= 4 is 37.6 Å². The molecule has 2 nitrogen and oxygen atoms in total. The number of hydrogen-bond acceptors (Lipinski definition) is 2. The molecule has 1 unspecified atom stereocenters. The summed E-state index contributed by atoms with van der Waals surface area (Å²) >= 11 is 6.76. The highest BCUT2D eigenvalue weighted by atomic mass is 79.9. The number of carbonyl (C=O) groups is 1. The number of benzene rings is 1. The van der Waals surface area contributed by atoms with Crippen LogP contribution in [0, 0.1) is 5.92 Å². The summed E-state index contributed by atoms with van der Waals surface area (Å²) in [5.74, 6) is 0.121. The van der Waals surface area contributed by atoms with Crippen LogP contribution in [0.3, 0.4) is 0 Å². The molecule has 1 aromatic carbocycles. The summed E-state index contributed by atoms with van der Waals surface area (Å²) in [4.78, 5) is 12.1. The molecule has 0 spiro atoms. The minimum atomic E-state index is -0.0226. The van der Waals surface area contributed by atoms with E-state index in [1.165, 1.54) is 0 Å². The van der Waals surface area contributed by atoms with E-state index in [0.29, 0.717) is 6.61 Å². The number of ether oxygens (including phenoxy) is 1. The van der Waals surface area contributed by atoms with E-state index in [-0.39, 0.29) is 11.7 Å². The summed E-state index contributed by atoms with van der Waals surface area (Å²) in [6.07, 6.45) is 0.744. The molecule has 1 rings (SSSR count). The van der Waals surface area contributed by atoms with Gasteiger partial charge in [0.25, 0.3) is 0 Å². The second kappa shape index (κ2) is 6.52. The quantitative estimate of drug-likeness (QED) is 0.749. The van der Waals surface area contributed by atoms with Crippen LogP contribution in [0.5, 0.6) is 0 Å². The highest BCUT2D eigenvalue weighted by Crippen LogP contribution is 2.24. The topological polar surface area (TPSA) is 26.3 Å². The van der Waals surface area contributed by atoms with Crippen molar-refractivity contribution in [3.63, 3.8) is 0 Å². The zero-order valence-electron chi connectivity index (χ0n) is 9.30. The Labute approximate surface area is 113 Å². The third-order valence-corrected chi connectivity index (χ3v) is 3.58. The summed E-state index contributed by atoms with van der Waals surface area (Å²) in [7, 11) is 1.65. The van der Waals surface area contributed by atoms with Gasteiger partial charge in [-0.25, -0.2) is 0 Å². The van der Waals surface area contributed by atoms with Gasteiger partial charge < -0.3 is 4.74 Å². The number of hydrogen-bond donors (Lipinski definition) is 0. The molecule has 1 aromatic rings. The first-order valence-electron chi connectivity index (χ1n) is 5.04. The fourth-order valence-electron chi connectivity index (χ4n) is 1.38. The second-order valence-corrected chi connectivity index (χ2v) is 5.44. The lowest BCUT2D eigenvalue weighted by Gasteiger charge is -2.11. The normalized spacial score (nSPS) is 12.5. The Morgan fingerprint density at radius 2 is 2.12 bits per heavy atom. The molecule has 0 fully saturated rings. The average Bonchev–Trinajstić information content (AvgIpc) is 2.28. The summed E-state index contributed by atoms with van der Waals surface area (Å²) in [5, 5.41) is 0. The van der Waals surface area contributed by atoms with Crippen LogP contribution in [0.15, 0.2) is 27.1 Å². The summed E-state index contributed by atoms with van der Waals surface area (Å²) in [6, 6.07) is 5.62. The SMILES string of the molecule is COCCC(C)C(=O)c1cc(Br)ccc1Br. The molecular weight excluding hydrogens is 336 g/mol. The van der Waals surface area contributed by atoms with Crippen LogP contribution < -0.4 is 0 Å². The van der Waals surface area contributed by atoms with Crippen LogP contribution in [0.25, 0.3) is 0 Å². The van der Waals surface area contributed by atoms with Crippen molar-refractivity contribution in [3.05, 3.63) is 32.7 Å². The standard InChI is InChI=1S/C12H14Br2O2/c1-8(5-6-16-2)12(15)10-7-9(13)3-4-11(10)14/h3-4,7-8H,5-6H2,1-2H3. The molecule has 4 heteroatoms. The molecule has 1 atom stereocenters. The first kappa shape index (κ1) is 13.9. The third kappa shape index (κ3) is 3.68. The van der Waals surface area contributed by atoms with Crippen LogP contribution in [0.4, 0.5) is 0 Å². The fraction of sp³-hybridized carbons (Fsp3) is 0.417. The number of Topliss-reactive ketones (excluding diaryl/α,β-unsaturated/α-hetero) is 1. The fourth-order valence-corrected chi connectivity index (χ4v) is 2.18. The molecule has 88 valence electrons. The van der Waals surface area contributed by atoms with Crippen molar-refractivity contribution < 1.29 is 9.53 Å². The molecule has 0 aliphatic carbocycles. The maximum atomic E-state index is 12.1. The van der Waals surface area contributed by atoms with Gasteiger partial charge in [-0.2, -0.15) is 0 Å². The van der Waals surface area contributed by atoms with Gasteiger partial charge in [0, 0.05) is 34.1 Å². The van der Waals surface area contributed by atoms with Gasteiger partial charge in [-0.15, -0.1) is 0 Å². The Morgan fingerprint density at radius 3 is 2.75 bits per heavy atom. The van der Waals surface area contributed by atoms with Gasteiger partial charge in [-0.1, -0.05) is 38.8 Å². The minimum absolute atomic E-state index is 0.0226. The second-order valence-electron chi connectivity index (χ2n) is 3.67. The zero-order valence-corrected chi connectivity index (χ0v) is 12.5. The first-order chi connectivity index (χ1) is 7.56. The van der Waals surface area contributed by atoms with Crippen LogP contribution in [0.1, 0.15) is 23.7 Å². The molecule has 0 saturated carbocycles. The van der Waals surface area contributed by atoms with E-state index in [9.17, 15) is 4.79 Å². The summed E-state index contributed by atoms with van der Waals surface area (Å²) in [5.41, 5.74) is 0.720. The van der Waals surface area contributed by atoms with Gasteiger partial charge >= 0.3 is 0 Å². The van der Waals surface area contributed by atoms with Gasteiger partial charge in [0.05, 0.1) is 0 Å². The molecule has 0 N–H and O–H groups in total. The molecule has 0 bridgehead atoms. The van der Waals surface area contributed by atoms with Crippen molar-refractivity contribution in [1.82, 2.24) is 0 Å². The van der Waals surface area contributed by atoms with Gasteiger partial charge in [0.15, 0.2) is 5.78 Å². The van der Waals surface area contributed by atoms with Crippen molar-refractivity contribution in [2.75, 3.05) is 13.7 Å². The van der Waals surface area contributed by atoms with E-state index in [1.807, 2.05) is 25.1 Å². The number of ketones is 1. The van der Waals surface area contributed by atoms with Gasteiger partial charge in [-0.3, -0.25) is 4.79 Å². The van der Waals surface area contributed by atoms with Crippen molar-refractivity contribution in [3.8, 4) is 0 Å². The molecule has 0 amide bonds. The highest BCUT2D eigenvalue weighted by molar-refractivity contribution is 9.11. The number of methoxy groups -OCH3 is 1. The van der Waals surface area contributed by atoms with Gasteiger partial charge in [0.2, 0.25) is 0 Å². The van der Waals surface area contributed by atoms with Crippen molar-refractivity contribution in [1.29, 1.82) is 0 Å². The van der Waals surface area contributed by atoms with E-state index >= 15 is 0 Å². The Hall–Kier alpha value is -0.190. The number of rotatable bonds is 5. The molecule has 0 aliphatic rings. The summed E-state index contributed by atoms with van der Waals surface area (Å²) in [6.45, 7) is 2.53. The molecule has 16 heavy (non-hydrogen) atoms. The Bertz CT molecular complexity index is 377. The lowest BCUT2D eigenvalue weighted by molar-refractivity contribution is 0.0893. The molecule has 0 saturated heterocycles. The Balaban J connectivity index is 2.83. The maximum absolute atomic E-state index is 12.1. The predicted molar refractivity (Wildman–Crippen MR) is 71.8 cm³/mol. The lowest BCUT2D eigenvalue weighted by Crippen LogP contribution is -2.14. The first-order valence-corrected chi connectivity index (χ1v) is 6.63. The minimum Gasteiger partial charge on any atom is -0.385 e. The van der Waals surface area contributed by atoms with E-state index in [1.54, 1.807) is 7.11 Å². The Morgan fingerprint density at radius 1 is 1.44 bits per heavy atom. The van der Waals surface area contributed by atoms with Crippen molar-refractivity contribution in [2.24, 2.45) is 5.92 Å². The van der Waals surface area contributed by atoms with Crippen LogP contribution in [0.2, 0.25) is 0 Å². The van der Waals surface area contributed by atoms with E-state index in [4.69, 9.17) is 4.74 Å². The van der Waals surface area contributed by atoms with Crippen molar-refractivity contribution in [2.45, 2.75) is 13.3 Å². The van der Waals surface area contributed by atoms with Crippen LogP contribution >= 0.6 is 31.9 Å². The maximum Gasteiger partial charge on any atom is 0.166 e. The average molecular weight is 350 g/mol. The Kier molecular flexibility index (Phi) is 5.66. The molecule has 0 heterocycles. The number of carbonyl (C=O) groups excluding carboxylic acids is 1. The van der Waals surface area contributed by atoms with Gasteiger partial charge in [0.1, 0.15) is 0 Å². The molecular formula is C12H14Br2O2. The molecule has 0 aromatic heterocycles. The molecule has 0 aliphatic heterocycles. The van der Waals surface area contributed by atoms with Crippen LogP contribution in [-0.4, -0.2) is 19.5 Å². The third-order valence-electron chi connectivity index (χ3n) is 2.40. The van der Waals surface area contributed by atoms with E-state index < -0.39 is 0 Å². The van der Waals surface area contributed by atoms with Crippen LogP contribution in [-0.2, 0) is 4.74 Å². The zero-order chi connectivity index (χ0) is 12.1. The highest BCUT2D eigenvalue weighted by Gasteiger charge is 2.17.